The molecule has 1 aliphatic carbocycles. The van der Waals surface area contributed by atoms with Crippen molar-refractivity contribution in [1.29, 1.82) is 0 Å². The smallest absolute Gasteiger partial charge is 0.224 e. The van der Waals surface area contributed by atoms with E-state index in [9.17, 15) is 4.79 Å². The molecule has 5 heteroatoms. The van der Waals surface area contributed by atoms with Crippen molar-refractivity contribution in [2.24, 2.45) is 5.92 Å². The first kappa shape index (κ1) is 14.7. The fourth-order valence-electron chi connectivity index (χ4n) is 2.01. The summed E-state index contributed by atoms with van der Waals surface area (Å²) in [6.07, 6.45) is 4.49. The maximum absolute atomic E-state index is 11.9. The number of halogens is 1. The number of rotatable bonds is 5. The Morgan fingerprint density at radius 2 is 2.24 bits per heavy atom. The Hall–Kier alpha value is -0.320. The molecular formula is C12H23ClN2O2. The van der Waals surface area contributed by atoms with Gasteiger partial charge in [-0.1, -0.05) is 12.8 Å². The SMILES string of the molecule is CN(CCC1CC1)C(=O)CC1CNCCO1.Cl. The highest BCUT2D eigenvalue weighted by Crippen LogP contribution is 2.32. The number of nitrogens with one attached hydrogen (secondary N) is 1. The summed E-state index contributed by atoms with van der Waals surface area (Å²) < 4.78 is 5.53. The lowest BCUT2D eigenvalue weighted by Gasteiger charge is -2.25. The van der Waals surface area contributed by atoms with Crippen LogP contribution in [-0.4, -0.2) is 50.2 Å². The summed E-state index contributed by atoms with van der Waals surface area (Å²) in [6.45, 7) is 3.35. The standard InChI is InChI=1S/C12H22N2O2.ClH/c1-14(6-4-10-2-3-10)12(15)8-11-9-13-5-7-16-11;/h10-11,13H,2-9H2,1H3;1H. The molecule has 17 heavy (non-hydrogen) atoms. The Morgan fingerprint density at radius 1 is 1.47 bits per heavy atom. The van der Waals surface area contributed by atoms with E-state index in [0.717, 1.165) is 32.2 Å². The Labute approximate surface area is 109 Å². The van der Waals surface area contributed by atoms with E-state index in [4.69, 9.17) is 4.74 Å². The third-order valence-corrected chi connectivity index (χ3v) is 3.40. The second kappa shape index (κ2) is 7.19. The molecule has 1 atom stereocenters. The predicted octanol–water partition coefficient (Wildman–Crippen LogP) is 1.05. The molecule has 4 nitrogen and oxygen atoms in total. The summed E-state index contributed by atoms with van der Waals surface area (Å²) in [5, 5.41) is 3.24. The van der Waals surface area contributed by atoms with E-state index in [1.807, 2.05) is 11.9 Å². The van der Waals surface area contributed by atoms with Crippen LogP contribution in [0.4, 0.5) is 0 Å². The summed E-state index contributed by atoms with van der Waals surface area (Å²) in [6, 6.07) is 0. The molecule has 0 spiro atoms. The molecular weight excluding hydrogens is 240 g/mol. The van der Waals surface area contributed by atoms with Crippen LogP contribution >= 0.6 is 12.4 Å². The van der Waals surface area contributed by atoms with Gasteiger partial charge in [-0.2, -0.15) is 0 Å². The number of morpholine rings is 1. The zero-order valence-corrected chi connectivity index (χ0v) is 11.3. The molecule has 2 aliphatic rings. The zero-order chi connectivity index (χ0) is 11.4. The second-order valence-corrected chi connectivity index (χ2v) is 4.95. The average molecular weight is 263 g/mol. The molecule has 2 fully saturated rings. The first-order chi connectivity index (χ1) is 7.75. The van der Waals surface area contributed by atoms with Crippen molar-refractivity contribution in [2.75, 3.05) is 33.3 Å². The Balaban J connectivity index is 0.00000144. The summed E-state index contributed by atoms with van der Waals surface area (Å²) in [5.41, 5.74) is 0. The van der Waals surface area contributed by atoms with E-state index in [-0.39, 0.29) is 24.4 Å². The van der Waals surface area contributed by atoms with Gasteiger partial charge in [0.05, 0.1) is 19.1 Å². The van der Waals surface area contributed by atoms with E-state index in [1.165, 1.54) is 19.3 Å². The normalized spacial score (nSPS) is 23.9. The van der Waals surface area contributed by atoms with Crippen molar-refractivity contribution in [3.63, 3.8) is 0 Å². The number of carbonyl (C=O) groups excluding carboxylic acids is 1. The third-order valence-electron chi connectivity index (χ3n) is 3.40. The maximum Gasteiger partial charge on any atom is 0.224 e. The van der Waals surface area contributed by atoms with Gasteiger partial charge in [0.15, 0.2) is 0 Å². The molecule has 1 amide bonds. The molecule has 1 heterocycles. The highest BCUT2D eigenvalue weighted by atomic mass is 35.5. The minimum absolute atomic E-state index is 0. The minimum Gasteiger partial charge on any atom is -0.375 e. The van der Waals surface area contributed by atoms with Crippen molar-refractivity contribution in [2.45, 2.75) is 31.8 Å². The first-order valence-corrected chi connectivity index (χ1v) is 6.32. The monoisotopic (exact) mass is 262 g/mol. The van der Waals surface area contributed by atoms with Gasteiger partial charge in [-0.3, -0.25) is 4.79 Å². The Bertz CT molecular complexity index is 241. The third kappa shape index (κ3) is 5.23. The maximum atomic E-state index is 11.9. The molecule has 0 aromatic heterocycles. The van der Waals surface area contributed by atoms with E-state index < -0.39 is 0 Å². The zero-order valence-electron chi connectivity index (χ0n) is 10.5. The van der Waals surface area contributed by atoms with Crippen LogP contribution in [0.5, 0.6) is 0 Å². The van der Waals surface area contributed by atoms with Gasteiger partial charge in [-0.05, 0) is 12.3 Å². The van der Waals surface area contributed by atoms with Crippen molar-refractivity contribution < 1.29 is 9.53 Å². The van der Waals surface area contributed by atoms with E-state index in [0.29, 0.717) is 6.42 Å². The van der Waals surface area contributed by atoms with Gasteiger partial charge < -0.3 is 15.0 Å². The van der Waals surface area contributed by atoms with Crippen LogP contribution in [0.15, 0.2) is 0 Å². The summed E-state index contributed by atoms with van der Waals surface area (Å²) in [5.74, 6) is 1.11. The molecule has 0 radical (unpaired) electrons. The second-order valence-electron chi connectivity index (χ2n) is 4.95. The molecule has 100 valence electrons. The van der Waals surface area contributed by atoms with Gasteiger partial charge >= 0.3 is 0 Å². The van der Waals surface area contributed by atoms with E-state index >= 15 is 0 Å². The molecule has 0 aromatic carbocycles. The van der Waals surface area contributed by atoms with Crippen molar-refractivity contribution in [1.82, 2.24) is 10.2 Å². The topological polar surface area (TPSA) is 41.6 Å². The van der Waals surface area contributed by atoms with Gasteiger partial charge in [-0.25, -0.2) is 0 Å². The predicted molar refractivity (Wildman–Crippen MR) is 69.5 cm³/mol. The number of carbonyl (C=O) groups is 1. The van der Waals surface area contributed by atoms with Gasteiger partial charge in [0.2, 0.25) is 5.91 Å². The number of nitrogens with zero attached hydrogens (tertiary/aromatic N) is 1. The average Bonchev–Trinajstić information content (AvgIpc) is 3.11. The molecule has 1 N–H and O–H groups in total. The van der Waals surface area contributed by atoms with Crippen LogP contribution in [0.3, 0.4) is 0 Å². The van der Waals surface area contributed by atoms with Crippen LogP contribution < -0.4 is 5.32 Å². The number of ether oxygens (including phenoxy) is 1. The van der Waals surface area contributed by atoms with Gasteiger partial charge in [0.25, 0.3) is 0 Å². The molecule has 2 rings (SSSR count). The molecule has 0 aromatic rings. The van der Waals surface area contributed by atoms with Crippen molar-refractivity contribution in [3.8, 4) is 0 Å². The minimum atomic E-state index is 0. The molecule has 1 saturated heterocycles. The summed E-state index contributed by atoms with van der Waals surface area (Å²) >= 11 is 0. The lowest BCUT2D eigenvalue weighted by atomic mass is 10.2. The lowest BCUT2D eigenvalue weighted by Crippen LogP contribution is -2.42. The summed E-state index contributed by atoms with van der Waals surface area (Å²) in [4.78, 5) is 13.7. The molecule has 1 aliphatic heterocycles. The highest BCUT2D eigenvalue weighted by molar-refractivity contribution is 5.85. The van der Waals surface area contributed by atoms with Crippen LogP contribution in [0.2, 0.25) is 0 Å². The van der Waals surface area contributed by atoms with Gasteiger partial charge in [-0.15, -0.1) is 12.4 Å². The van der Waals surface area contributed by atoms with Gasteiger partial charge in [0, 0.05) is 26.7 Å². The molecule has 1 unspecified atom stereocenters. The fourth-order valence-corrected chi connectivity index (χ4v) is 2.01. The Kier molecular flexibility index (Phi) is 6.23. The van der Waals surface area contributed by atoms with Crippen LogP contribution in [-0.2, 0) is 9.53 Å². The summed E-state index contributed by atoms with van der Waals surface area (Å²) in [7, 11) is 1.90. The number of hydrogen-bond donors (Lipinski definition) is 1. The Morgan fingerprint density at radius 3 is 2.82 bits per heavy atom. The quantitative estimate of drug-likeness (QED) is 0.805. The number of hydrogen-bond acceptors (Lipinski definition) is 3. The van der Waals surface area contributed by atoms with Crippen LogP contribution in [0, 0.1) is 5.92 Å². The largest absolute Gasteiger partial charge is 0.375 e. The fraction of sp³-hybridized carbons (Fsp3) is 0.917. The first-order valence-electron chi connectivity index (χ1n) is 6.32. The van der Waals surface area contributed by atoms with Crippen molar-refractivity contribution in [3.05, 3.63) is 0 Å². The highest BCUT2D eigenvalue weighted by Gasteiger charge is 2.23. The van der Waals surface area contributed by atoms with Gasteiger partial charge in [0.1, 0.15) is 0 Å². The molecule has 1 saturated carbocycles. The van der Waals surface area contributed by atoms with Crippen molar-refractivity contribution >= 4 is 18.3 Å². The molecule has 0 bridgehead atoms. The van der Waals surface area contributed by atoms with E-state index in [1.54, 1.807) is 0 Å². The van der Waals surface area contributed by atoms with E-state index in [2.05, 4.69) is 5.32 Å². The number of amides is 1. The lowest BCUT2D eigenvalue weighted by molar-refractivity contribution is -0.133. The van der Waals surface area contributed by atoms with Crippen LogP contribution in [0.25, 0.3) is 0 Å². The van der Waals surface area contributed by atoms with Crippen LogP contribution in [0.1, 0.15) is 25.7 Å².